The number of amides is 1. The number of carbonyl (C=O) groups is 6. The molecule has 81 heavy (non-hydrogen) atoms. The molecular weight excluding hydrogens is 1030 g/mol. The Labute approximate surface area is 477 Å². The number of alkyl carbamates (subject to hydrolysis) is 1. The van der Waals surface area contributed by atoms with Crippen LogP contribution >= 0.6 is 0 Å². The van der Waals surface area contributed by atoms with E-state index < -0.39 is 118 Å². The largest absolute Gasteiger partial charge is 0.461 e. The fourth-order valence-corrected chi connectivity index (χ4v) is 11.8. The minimum absolute atomic E-state index is 0.0588. The normalized spacial score (nSPS) is 28.0. The van der Waals surface area contributed by atoms with Crippen LogP contribution in [0.15, 0.2) is 145 Å². The van der Waals surface area contributed by atoms with Crippen molar-refractivity contribution in [2.24, 2.45) is 16.7 Å². The van der Waals surface area contributed by atoms with Gasteiger partial charge in [-0.1, -0.05) is 142 Å². The van der Waals surface area contributed by atoms with Gasteiger partial charge in [0.2, 0.25) is 0 Å². The molecule has 3 aliphatic carbocycles. The number of aliphatic hydroxyl groups excluding tert-OH is 2. The van der Waals surface area contributed by atoms with Crippen LogP contribution in [0.3, 0.4) is 0 Å². The average molecular weight is 1120 g/mol. The van der Waals surface area contributed by atoms with Crippen LogP contribution in [0, 0.1) is 16.7 Å². The predicted molar refractivity (Wildman–Crippen MR) is 305 cm³/mol. The van der Waals surface area contributed by atoms with Gasteiger partial charge in [0.05, 0.1) is 29.5 Å². The predicted octanol–water partition coefficient (Wildman–Crippen LogP) is 10.3. The molecule has 16 heteroatoms. The number of carbonyl (C=O) groups excluding carboxylic acids is 6. The van der Waals surface area contributed by atoms with E-state index in [4.69, 9.17) is 28.4 Å². The van der Waals surface area contributed by atoms with Crippen molar-refractivity contribution in [3.05, 3.63) is 156 Å². The van der Waals surface area contributed by atoms with Crippen LogP contribution in [-0.4, -0.2) is 111 Å². The minimum Gasteiger partial charge on any atom is -0.461 e. The number of hydrogen-bond donors (Lipinski definition) is 4. The molecule has 0 radical (unpaired) electrons. The SMILES string of the molecule is CC/C=C\C/C=C\C/C=C\C/C=C\C/C=C\C/C=C\CCC(=O)OC1CC2OCC2(OC(C)=O)C2C(OC(=O)c3ccccc3)C3(O)CC(OC(=O)C(O)C(NC(=O)OC(C)(C)C)c4ccccc4)C(C)=C(C(O)C(=O)C12C)C3(C)C. The van der Waals surface area contributed by atoms with Crippen molar-refractivity contribution in [3.63, 3.8) is 0 Å². The van der Waals surface area contributed by atoms with Crippen LogP contribution in [0.5, 0.6) is 0 Å². The molecule has 1 heterocycles. The molecule has 2 saturated carbocycles. The second-order valence-electron chi connectivity index (χ2n) is 23.0. The van der Waals surface area contributed by atoms with Crippen LogP contribution in [0.4, 0.5) is 4.79 Å². The van der Waals surface area contributed by atoms with E-state index in [2.05, 4.69) is 66.9 Å². The van der Waals surface area contributed by atoms with Gasteiger partial charge in [-0.25, -0.2) is 14.4 Å². The number of allylic oxidation sites excluding steroid dienone is 12. The van der Waals surface area contributed by atoms with E-state index >= 15 is 4.79 Å². The van der Waals surface area contributed by atoms with E-state index in [0.29, 0.717) is 18.4 Å². The summed E-state index contributed by atoms with van der Waals surface area (Å²) in [7, 11) is 0. The number of benzene rings is 2. The average Bonchev–Trinajstić information content (AvgIpc) is 1.08. The van der Waals surface area contributed by atoms with Crippen molar-refractivity contribution < 1.29 is 72.5 Å². The Bertz CT molecular complexity index is 2750. The third-order valence-electron chi connectivity index (χ3n) is 15.9. The number of hydrogen-bond acceptors (Lipinski definition) is 15. The van der Waals surface area contributed by atoms with Gasteiger partial charge in [0.25, 0.3) is 0 Å². The smallest absolute Gasteiger partial charge is 0.408 e. The van der Waals surface area contributed by atoms with Gasteiger partial charge in [-0.15, -0.1) is 0 Å². The summed E-state index contributed by atoms with van der Waals surface area (Å²) in [6, 6.07) is 14.6. The van der Waals surface area contributed by atoms with Gasteiger partial charge in [-0.2, -0.15) is 0 Å². The number of nitrogens with one attached hydrogen (secondary N) is 1. The molecule has 11 atom stereocenters. The van der Waals surface area contributed by atoms with Crippen LogP contribution in [-0.2, 0) is 47.6 Å². The summed E-state index contributed by atoms with van der Waals surface area (Å²) >= 11 is 0. The van der Waals surface area contributed by atoms with Crippen molar-refractivity contribution in [2.45, 2.75) is 186 Å². The first-order valence-corrected chi connectivity index (χ1v) is 28.2. The highest BCUT2D eigenvalue weighted by Crippen LogP contribution is 2.64. The Morgan fingerprint density at radius 3 is 1.85 bits per heavy atom. The molecule has 2 aromatic carbocycles. The third kappa shape index (κ3) is 14.9. The summed E-state index contributed by atoms with van der Waals surface area (Å²) in [5.74, 6) is -6.19. The lowest BCUT2D eigenvalue weighted by Crippen LogP contribution is -2.82. The first-order valence-electron chi connectivity index (χ1n) is 28.2. The standard InChI is InChI=1S/C65H83NO15/c1-10-11-12-13-14-15-16-17-18-19-20-21-22-23-24-25-26-27-34-39-50(68)78-48-40-49-64(42-76-49,80-44(3)67)55-57(79-58(72)46-37-32-29-33-38-46)65(75)41-47(43(2)51(62(65,7)8)53(69)56(71)63(48,55)9)77-59(73)54(70)52(45-35-30-28-31-36-45)66-60(74)81-61(4,5)6/h11-12,14-15,17-18,20-21,23-24,26-33,35-38,47-49,52-55,57,69-70,75H,10,13,16,19,22,25,34,39-42H2,1-9H3,(H,66,74)/b12-11-,15-14-,18-17-,21-20-,24-23-,27-26-. The topological polar surface area (TPSA) is 231 Å². The summed E-state index contributed by atoms with van der Waals surface area (Å²) in [6.45, 7) is 14.0. The van der Waals surface area contributed by atoms with Gasteiger partial charge in [0.1, 0.15) is 41.7 Å². The Morgan fingerprint density at radius 1 is 0.790 bits per heavy atom. The molecule has 11 unspecified atom stereocenters. The Hall–Kier alpha value is -6.72. The Morgan fingerprint density at radius 2 is 1.33 bits per heavy atom. The van der Waals surface area contributed by atoms with Gasteiger partial charge in [-0.05, 0) is 108 Å². The summed E-state index contributed by atoms with van der Waals surface area (Å²) < 4.78 is 36.7. The van der Waals surface area contributed by atoms with E-state index in [1.165, 1.54) is 26.0 Å². The molecule has 0 aromatic heterocycles. The van der Waals surface area contributed by atoms with Crippen LogP contribution < -0.4 is 5.32 Å². The van der Waals surface area contributed by atoms with Crippen LogP contribution in [0.25, 0.3) is 0 Å². The highest BCUT2D eigenvalue weighted by atomic mass is 16.6. The van der Waals surface area contributed by atoms with Crippen molar-refractivity contribution in [1.82, 2.24) is 5.32 Å². The lowest BCUT2D eigenvalue weighted by Gasteiger charge is -2.67. The van der Waals surface area contributed by atoms with Crippen molar-refractivity contribution in [2.75, 3.05) is 6.61 Å². The monoisotopic (exact) mass is 1120 g/mol. The van der Waals surface area contributed by atoms with E-state index in [1.807, 2.05) is 18.2 Å². The molecule has 438 valence electrons. The lowest BCUT2D eigenvalue weighted by atomic mass is 9.44. The Kier molecular flexibility index (Phi) is 21.8. The quantitative estimate of drug-likeness (QED) is 0.0461. The van der Waals surface area contributed by atoms with E-state index in [-0.39, 0.29) is 36.2 Å². The molecule has 1 amide bonds. The van der Waals surface area contributed by atoms with Crippen molar-refractivity contribution in [3.8, 4) is 0 Å². The molecule has 3 fully saturated rings. The molecule has 16 nitrogen and oxygen atoms in total. The van der Waals surface area contributed by atoms with Gasteiger partial charge in [0.15, 0.2) is 17.5 Å². The molecule has 1 saturated heterocycles. The molecule has 4 N–H and O–H groups in total. The number of esters is 4. The van der Waals surface area contributed by atoms with E-state index in [9.17, 15) is 39.3 Å². The molecule has 2 bridgehead atoms. The van der Waals surface area contributed by atoms with Gasteiger partial charge in [-0.3, -0.25) is 14.4 Å². The zero-order valence-corrected chi connectivity index (χ0v) is 48.3. The number of aliphatic hydroxyl groups is 3. The molecule has 4 aliphatic rings. The van der Waals surface area contributed by atoms with Crippen LogP contribution in [0.1, 0.15) is 148 Å². The van der Waals surface area contributed by atoms with Gasteiger partial charge >= 0.3 is 30.0 Å². The van der Waals surface area contributed by atoms with Crippen molar-refractivity contribution >= 4 is 35.8 Å². The fraction of sp³-hybridized carbons (Fsp3) is 0.508. The minimum atomic E-state index is -2.43. The third-order valence-corrected chi connectivity index (χ3v) is 15.9. The fourth-order valence-electron chi connectivity index (χ4n) is 11.8. The van der Waals surface area contributed by atoms with Crippen LogP contribution in [0.2, 0.25) is 0 Å². The zero-order valence-electron chi connectivity index (χ0n) is 48.3. The summed E-state index contributed by atoms with van der Waals surface area (Å²) in [6.07, 6.45) is 18.7. The van der Waals surface area contributed by atoms with E-state index in [0.717, 1.165) is 39.0 Å². The number of ether oxygens (including phenoxy) is 6. The molecule has 0 spiro atoms. The summed E-state index contributed by atoms with van der Waals surface area (Å²) in [5.41, 5.74) is -8.54. The maximum atomic E-state index is 15.8. The highest BCUT2D eigenvalue weighted by molar-refractivity contribution is 5.94. The molecule has 6 rings (SSSR count). The molecule has 2 aromatic rings. The highest BCUT2D eigenvalue weighted by Gasteiger charge is 2.78. The first-order chi connectivity index (χ1) is 38.4. The number of ketones is 1. The molecular formula is C65H83NO15. The summed E-state index contributed by atoms with van der Waals surface area (Å²) in [4.78, 5) is 85.3. The lowest BCUT2D eigenvalue weighted by molar-refractivity contribution is -0.346. The maximum absolute atomic E-state index is 15.8. The van der Waals surface area contributed by atoms with Gasteiger partial charge < -0.3 is 49.1 Å². The molecule has 1 aliphatic heterocycles. The van der Waals surface area contributed by atoms with Gasteiger partial charge in [0, 0.05) is 31.6 Å². The second kappa shape index (κ2) is 27.8. The second-order valence-corrected chi connectivity index (χ2v) is 23.0. The summed E-state index contributed by atoms with van der Waals surface area (Å²) in [5, 5.41) is 41.0. The maximum Gasteiger partial charge on any atom is 0.408 e. The first kappa shape index (κ1) is 63.5. The number of fused-ring (bicyclic) bond motifs is 5. The zero-order chi connectivity index (χ0) is 59.2. The Balaban J connectivity index is 1.29. The van der Waals surface area contributed by atoms with Crippen molar-refractivity contribution in [1.29, 1.82) is 0 Å². The van der Waals surface area contributed by atoms with E-state index in [1.54, 1.807) is 83.1 Å². The number of Topliss-reactive ketones (excluding diaryl/α,β-unsaturated/α-hetero) is 1. The number of rotatable bonds is 23.